The summed E-state index contributed by atoms with van der Waals surface area (Å²) < 4.78 is 13.6. The second-order valence-electron chi connectivity index (χ2n) is 7.06. The van der Waals surface area contributed by atoms with Crippen LogP contribution in [0.3, 0.4) is 0 Å². The Kier molecular flexibility index (Phi) is 6.04. The molecule has 4 aromatic carbocycles. The van der Waals surface area contributed by atoms with Gasteiger partial charge in [0.2, 0.25) is 0 Å². The van der Waals surface area contributed by atoms with E-state index in [0.717, 1.165) is 15.1 Å². The second-order valence-corrected chi connectivity index (χ2v) is 10.7. The first-order valence-electron chi connectivity index (χ1n) is 9.63. The van der Waals surface area contributed by atoms with E-state index in [9.17, 15) is 4.21 Å². The largest absolute Gasteiger partial charge is 0.249 e. The Morgan fingerprint density at radius 3 is 1.69 bits per heavy atom. The van der Waals surface area contributed by atoms with Crippen molar-refractivity contribution in [3.63, 3.8) is 0 Å². The lowest BCUT2D eigenvalue weighted by molar-refractivity contribution is 0.683. The van der Waals surface area contributed by atoms with Crippen LogP contribution in [0.25, 0.3) is 0 Å². The van der Waals surface area contributed by atoms with E-state index in [1.807, 2.05) is 49.4 Å². The van der Waals surface area contributed by atoms with Crippen LogP contribution in [0.4, 0.5) is 0 Å². The molecule has 0 saturated carbocycles. The van der Waals surface area contributed by atoms with Gasteiger partial charge in [-0.05, 0) is 56.6 Å². The first kappa shape index (κ1) is 19.8. The van der Waals surface area contributed by atoms with E-state index in [1.165, 1.54) is 21.7 Å². The van der Waals surface area contributed by atoms with Crippen LogP contribution in [0.1, 0.15) is 11.1 Å². The van der Waals surface area contributed by atoms with Gasteiger partial charge in [-0.25, -0.2) is 4.21 Å². The minimum absolute atomic E-state index is 0.805. The Morgan fingerprint density at radius 1 is 0.621 bits per heavy atom. The van der Waals surface area contributed by atoms with Crippen LogP contribution in [-0.4, -0.2) is 4.21 Å². The summed E-state index contributed by atoms with van der Waals surface area (Å²) in [6.07, 6.45) is 0. The van der Waals surface area contributed by atoms with Crippen molar-refractivity contribution < 1.29 is 4.21 Å². The van der Waals surface area contributed by atoms with Gasteiger partial charge in [-0.15, -0.1) is 0 Å². The zero-order valence-corrected chi connectivity index (χ0v) is 18.3. The number of benzene rings is 4. The van der Waals surface area contributed by atoms with Crippen LogP contribution in [-0.2, 0) is 10.8 Å². The van der Waals surface area contributed by atoms with Crippen molar-refractivity contribution in [2.45, 2.75) is 23.6 Å². The first-order valence-corrected chi connectivity index (χ1v) is 12.1. The average Bonchev–Trinajstić information content (AvgIpc) is 2.76. The first-order chi connectivity index (χ1) is 14.1. The van der Waals surface area contributed by atoms with Gasteiger partial charge >= 0.3 is 0 Å². The van der Waals surface area contributed by atoms with Crippen molar-refractivity contribution in [3.05, 3.63) is 114 Å². The van der Waals surface area contributed by atoms with Crippen LogP contribution >= 0.6 is 7.92 Å². The second kappa shape index (κ2) is 8.86. The maximum atomic E-state index is 13.6. The highest BCUT2D eigenvalue weighted by Crippen LogP contribution is 2.36. The number of aryl methyl sites for hydroxylation is 2. The highest BCUT2D eigenvalue weighted by molar-refractivity contribution is 7.87. The molecule has 4 rings (SSSR count). The van der Waals surface area contributed by atoms with E-state index in [2.05, 4.69) is 67.6 Å². The SMILES string of the molecule is Cc1ccc(S(=O)c2ccc(C)cc2P(c2ccccc2)c2ccccc2)cc1. The average molecular weight is 415 g/mol. The molecule has 0 amide bonds. The minimum Gasteiger partial charge on any atom is -0.249 e. The zero-order valence-electron chi connectivity index (χ0n) is 16.6. The standard InChI is InChI=1S/C26H23OPS/c1-20-13-16-24(17-14-20)29(27)26-18-15-21(2)19-25(26)28(22-9-5-3-6-10-22)23-11-7-4-8-12-23/h3-19H,1-2H3. The van der Waals surface area contributed by atoms with E-state index in [1.54, 1.807) is 0 Å². The molecule has 4 aromatic rings. The number of rotatable bonds is 5. The zero-order chi connectivity index (χ0) is 20.2. The molecule has 1 unspecified atom stereocenters. The van der Waals surface area contributed by atoms with Gasteiger partial charge in [0.1, 0.15) is 0 Å². The lowest BCUT2D eigenvalue weighted by Gasteiger charge is -2.22. The van der Waals surface area contributed by atoms with Gasteiger partial charge in [-0.3, -0.25) is 0 Å². The summed E-state index contributed by atoms with van der Waals surface area (Å²) in [5.74, 6) is 0. The maximum Gasteiger partial charge on any atom is 0.0856 e. The quantitative estimate of drug-likeness (QED) is 0.409. The Morgan fingerprint density at radius 2 is 1.14 bits per heavy atom. The van der Waals surface area contributed by atoms with Gasteiger partial charge in [-0.2, -0.15) is 0 Å². The molecule has 0 saturated heterocycles. The highest BCUT2D eigenvalue weighted by atomic mass is 32.2. The van der Waals surface area contributed by atoms with E-state index in [0.29, 0.717) is 0 Å². The third-order valence-electron chi connectivity index (χ3n) is 4.82. The lowest BCUT2D eigenvalue weighted by Crippen LogP contribution is -2.24. The monoisotopic (exact) mass is 414 g/mol. The summed E-state index contributed by atoms with van der Waals surface area (Å²) in [5.41, 5.74) is 2.36. The van der Waals surface area contributed by atoms with Gasteiger partial charge in [0.05, 0.1) is 15.7 Å². The fourth-order valence-electron chi connectivity index (χ4n) is 3.33. The molecular weight excluding hydrogens is 391 g/mol. The van der Waals surface area contributed by atoms with Crippen molar-refractivity contribution in [2.75, 3.05) is 0 Å². The Labute approximate surface area is 176 Å². The smallest absolute Gasteiger partial charge is 0.0856 e. The molecule has 0 aromatic heterocycles. The van der Waals surface area contributed by atoms with Gasteiger partial charge in [0.25, 0.3) is 0 Å². The van der Waals surface area contributed by atoms with Gasteiger partial charge in [0.15, 0.2) is 0 Å². The normalized spacial score (nSPS) is 12.1. The molecule has 0 fully saturated rings. The molecule has 0 bridgehead atoms. The summed E-state index contributed by atoms with van der Waals surface area (Å²) in [6.45, 7) is 4.15. The summed E-state index contributed by atoms with van der Waals surface area (Å²) >= 11 is 0. The molecule has 3 heteroatoms. The topological polar surface area (TPSA) is 17.1 Å². The van der Waals surface area contributed by atoms with E-state index >= 15 is 0 Å². The van der Waals surface area contributed by atoms with Crippen LogP contribution in [0, 0.1) is 13.8 Å². The molecule has 144 valence electrons. The van der Waals surface area contributed by atoms with Gasteiger partial charge in [0, 0.05) is 10.2 Å². The molecule has 0 aliphatic carbocycles. The molecule has 0 heterocycles. The van der Waals surface area contributed by atoms with Gasteiger partial charge in [-0.1, -0.05) is 90.0 Å². The van der Waals surface area contributed by atoms with Crippen LogP contribution in [0.5, 0.6) is 0 Å². The molecule has 0 aliphatic rings. The third kappa shape index (κ3) is 4.40. The molecular formula is C26H23OPS. The predicted molar refractivity (Wildman–Crippen MR) is 126 cm³/mol. The molecule has 0 spiro atoms. The Balaban J connectivity index is 1.90. The summed E-state index contributed by atoms with van der Waals surface area (Å²) in [5, 5.41) is 3.69. The third-order valence-corrected chi connectivity index (χ3v) is 8.91. The lowest BCUT2D eigenvalue weighted by atomic mass is 10.2. The highest BCUT2D eigenvalue weighted by Gasteiger charge is 2.22. The van der Waals surface area contributed by atoms with Crippen LogP contribution in [0.15, 0.2) is 113 Å². The predicted octanol–water partition coefficient (Wildman–Crippen LogP) is 5.23. The Bertz CT molecular complexity index is 1080. The van der Waals surface area contributed by atoms with Crippen LogP contribution in [0.2, 0.25) is 0 Å². The Hall–Kier alpha value is -2.54. The number of hydrogen-bond donors (Lipinski definition) is 0. The molecule has 1 nitrogen and oxygen atoms in total. The summed E-state index contributed by atoms with van der Waals surface area (Å²) in [7, 11) is -2.03. The molecule has 29 heavy (non-hydrogen) atoms. The summed E-state index contributed by atoms with van der Waals surface area (Å²) in [6, 6.07) is 35.5. The van der Waals surface area contributed by atoms with Crippen molar-refractivity contribution in [1.29, 1.82) is 0 Å². The molecule has 1 atom stereocenters. The fourth-order valence-corrected chi connectivity index (χ4v) is 7.35. The summed E-state index contributed by atoms with van der Waals surface area (Å²) in [4.78, 5) is 1.75. The maximum absolute atomic E-state index is 13.6. The van der Waals surface area contributed by atoms with Crippen molar-refractivity contribution in [1.82, 2.24) is 0 Å². The van der Waals surface area contributed by atoms with Crippen LogP contribution < -0.4 is 15.9 Å². The van der Waals surface area contributed by atoms with Crippen molar-refractivity contribution in [2.24, 2.45) is 0 Å². The number of hydrogen-bond acceptors (Lipinski definition) is 1. The van der Waals surface area contributed by atoms with Gasteiger partial charge < -0.3 is 0 Å². The fraction of sp³-hybridized carbons (Fsp3) is 0.0769. The molecule has 0 N–H and O–H groups in total. The van der Waals surface area contributed by atoms with Crippen molar-refractivity contribution >= 4 is 34.6 Å². The van der Waals surface area contributed by atoms with E-state index in [-0.39, 0.29) is 0 Å². The minimum atomic E-state index is -1.23. The molecule has 0 aliphatic heterocycles. The van der Waals surface area contributed by atoms with E-state index < -0.39 is 18.7 Å². The molecule has 0 radical (unpaired) electrons. The van der Waals surface area contributed by atoms with Crippen molar-refractivity contribution in [3.8, 4) is 0 Å². The van der Waals surface area contributed by atoms with E-state index in [4.69, 9.17) is 0 Å².